The van der Waals surface area contributed by atoms with Crippen molar-refractivity contribution in [1.29, 1.82) is 0 Å². The van der Waals surface area contributed by atoms with Crippen molar-refractivity contribution in [1.82, 2.24) is 14.8 Å². The standard InChI is InChI=1S/C21H21F3N4O2/c1-27(2)19(29)13-28-9-8-15-11-17(6-7-18(15)28)26-20(30)25-12-14-4-3-5-16(10-14)21(22,23)24/h3-11H,12-13H2,1-2H3,(H2,25,26,30). The van der Waals surface area contributed by atoms with E-state index in [1.54, 1.807) is 38.5 Å². The van der Waals surface area contributed by atoms with Crippen LogP contribution in [0.4, 0.5) is 23.7 Å². The molecule has 0 fully saturated rings. The molecule has 3 amide bonds. The molecule has 0 radical (unpaired) electrons. The number of aromatic nitrogens is 1. The number of nitrogens with one attached hydrogen (secondary N) is 2. The molecular formula is C21H21F3N4O2. The summed E-state index contributed by atoms with van der Waals surface area (Å²) in [6, 6.07) is 11.4. The summed E-state index contributed by atoms with van der Waals surface area (Å²) >= 11 is 0. The Labute approximate surface area is 171 Å². The van der Waals surface area contributed by atoms with Crippen LogP contribution in [0.25, 0.3) is 10.9 Å². The van der Waals surface area contributed by atoms with Gasteiger partial charge < -0.3 is 20.1 Å². The number of alkyl halides is 3. The third-order valence-electron chi connectivity index (χ3n) is 4.54. The van der Waals surface area contributed by atoms with Gasteiger partial charge in [0.05, 0.1) is 5.56 Å². The Bertz CT molecular complexity index is 1070. The second kappa shape index (κ2) is 8.48. The number of carbonyl (C=O) groups excluding carboxylic acids is 2. The number of benzene rings is 2. The molecule has 3 aromatic rings. The summed E-state index contributed by atoms with van der Waals surface area (Å²) in [4.78, 5) is 25.5. The molecule has 0 saturated carbocycles. The lowest BCUT2D eigenvalue weighted by molar-refractivity contribution is -0.137. The normalized spacial score (nSPS) is 11.4. The Morgan fingerprint density at radius 1 is 1.07 bits per heavy atom. The average Bonchev–Trinajstić information content (AvgIpc) is 3.08. The SMILES string of the molecule is CN(C)C(=O)Cn1ccc2cc(NC(=O)NCc3cccc(C(F)(F)F)c3)ccc21. The van der Waals surface area contributed by atoms with Crippen molar-refractivity contribution in [2.24, 2.45) is 0 Å². The van der Waals surface area contributed by atoms with E-state index >= 15 is 0 Å². The molecular weight excluding hydrogens is 397 g/mol. The van der Waals surface area contributed by atoms with E-state index in [1.807, 2.05) is 10.6 Å². The van der Waals surface area contributed by atoms with Crippen molar-refractivity contribution in [3.05, 3.63) is 65.9 Å². The maximum absolute atomic E-state index is 12.8. The van der Waals surface area contributed by atoms with Gasteiger partial charge in [-0.25, -0.2) is 4.79 Å². The smallest absolute Gasteiger partial charge is 0.347 e. The van der Waals surface area contributed by atoms with Crippen LogP contribution < -0.4 is 10.6 Å². The first-order chi connectivity index (χ1) is 14.1. The minimum Gasteiger partial charge on any atom is -0.347 e. The molecule has 0 aliphatic heterocycles. The third kappa shape index (κ3) is 5.11. The van der Waals surface area contributed by atoms with Gasteiger partial charge in [0.25, 0.3) is 0 Å². The van der Waals surface area contributed by atoms with Gasteiger partial charge in [0.15, 0.2) is 0 Å². The van der Waals surface area contributed by atoms with Gasteiger partial charge in [0.2, 0.25) is 5.91 Å². The van der Waals surface area contributed by atoms with Crippen LogP contribution in [0.15, 0.2) is 54.7 Å². The molecule has 30 heavy (non-hydrogen) atoms. The minimum atomic E-state index is -4.43. The van der Waals surface area contributed by atoms with Gasteiger partial charge in [-0.05, 0) is 42.0 Å². The predicted octanol–water partition coefficient (Wildman–Crippen LogP) is 4.07. The highest BCUT2D eigenvalue weighted by molar-refractivity contribution is 5.93. The van der Waals surface area contributed by atoms with Gasteiger partial charge in [0, 0.05) is 43.4 Å². The molecule has 0 atom stereocenters. The van der Waals surface area contributed by atoms with Gasteiger partial charge in [0.1, 0.15) is 6.54 Å². The fourth-order valence-corrected chi connectivity index (χ4v) is 2.92. The van der Waals surface area contributed by atoms with Gasteiger partial charge in [-0.1, -0.05) is 12.1 Å². The highest BCUT2D eigenvalue weighted by atomic mass is 19.4. The Morgan fingerprint density at radius 3 is 2.53 bits per heavy atom. The largest absolute Gasteiger partial charge is 0.416 e. The zero-order valence-corrected chi connectivity index (χ0v) is 16.5. The van der Waals surface area contributed by atoms with Crippen LogP contribution in [-0.4, -0.2) is 35.5 Å². The first-order valence-electron chi connectivity index (χ1n) is 9.13. The topological polar surface area (TPSA) is 66.4 Å². The molecule has 1 aromatic heterocycles. The maximum atomic E-state index is 12.8. The fraction of sp³-hybridized carbons (Fsp3) is 0.238. The summed E-state index contributed by atoms with van der Waals surface area (Å²) in [5.41, 5.74) is 0.962. The second-order valence-electron chi connectivity index (χ2n) is 7.01. The lowest BCUT2D eigenvalue weighted by Gasteiger charge is -2.12. The van der Waals surface area contributed by atoms with E-state index in [0.29, 0.717) is 11.3 Å². The molecule has 9 heteroatoms. The zero-order valence-electron chi connectivity index (χ0n) is 16.5. The molecule has 3 rings (SSSR count). The van der Waals surface area contributed by atoms with Gasteiger partial charge >= 0.3 is 12.2 Å². The number of rotatable bonds is 5. The van der Waals surface area contributed by atoms with Crippen LogP contribution in [-0.2, 0) is 24.1 Å². The number of hydrogen-bond donors (Lipinski definition) is 2. The number of anilines is 1. The predicted molar refractivity (Wildman–Crippen MR) is 108 cm³/mol. The van der Waals surface area contributed by atoms with E-state index in [0.717, 1.165) is 23.0 Å². The van der Waals surface area contributed by atoms with Crippen LogP contribution in [0.2, 0.25) is 0 Å². The van der Waals surface area contributed by atoms with E-state index in [4.69, 9.17) is 0 Å². The number of amides is 3. The van der Waals surface area contributed by atoms with Crippen LogP contribution in [0.5, 0.6) is 0 Å². The van der Waals surface area contributed by atoms with Crippen molar-refractivity contribution < 1.29 is 22.8 Å². The number of hydrogen-bond acceptors (Lipinski definition) is 2. The van der Waals surface area contributed by atoms with Crippen molar-refractivity contribution in [2.45, 2.75) is 19.3 Å². The van der Waals surface area contributed by atoms with Gasteiger partial charge in [-0.3, -0.25) is 4.79 Å². The highest BCUT2D eigenvalue weighted by Crippen LogP contribution is 2.29. The lowest BCUT2D eigenvalue weighted by atomic mass is 10.1. The third-order valence-corrected chi connectivity index (χ3v) is 4.54. The van der Waals surface area contributed by atoms with Crippen molar-refractivity contribution in [3.8, 4) is 0 Å². The molecule has 0 saturated heterocycles. The molecule has 0 aliphatic rings. The summed E-state index contributed by atoms with van der Waals surface area (Å²) in [7, 11) is 3.38. The maximum Gasteiger partial charge on any atom is 0.416 e. The molecule has 158 valence electrons. The summed E-state index contributed by atoms with van der Waals surface area (Å²) in [6.45, 7) is 0.168. The summed E-state index contributed by atoms with van der Waals surface area (Å²) in [5, 5.41) is 6.05. The first kappa shape index (κ1) is 21.2. The number of nitrogens with zero attached hydrogens (tertiary/aromatic N) is 2. The molecule has 0 aliphatic carbocycles. The van der Waals surface area contributed by atoms with Crippen LogP contribution in [0, 0.1) is 0 Å². The zero-order chi connectivity index (χ0) is 21.9. The molecule has 1 heterocycles. The van der Waals surface area contributed by atoms with Gasteiger partial charge in [-0.2, -0.15) is 13.2 Å². The van der Waals surface area contributed by atoms with Crippen LogP contribution in [0.3, 0.4) is 0 Å². The Hall–Kier alpha value is -3.49. The van der Waals surface area contributed by atoms with E-state index < -0.39 is 17.8 Å². The first-order valence-corrected chi connectivity index (χ1v) is 9.13. The molecule has 0 spiro atoms. The van der Waals surface area contributed by atoms with Crippen molar-refractivity contribution in [2.75, 3.05) is 19.4 Å². The van der Waals surface area contributed by atoms with E-state index in [9.17, 15) is 22.8 Å². The quantitative estimate of drug-likeness (QED) is 0.656. The second-order valence-corrected chi connectivity index (χ2v) is 7.01. The number of fused-ring (bicyclic) bond motifs is 1. The van der Waals surface area contributed by atoms with Crippen molar-refractivity contribution >= 4 is 28.5 Å². The van der Waals surface area contributed by atoms with E-state index in [1.165, 1.54) is 17.0 Å². The number of likely N-dealkylation sites (N-methyl/N-ethyl adjacent to an activating group) is 1. The van der Waals surface area contributed by atoms with E-state index in [-0.39, 0.29) is 19.0 Å². The fourth-order valence-electron chi connectivity index (χ4n) is 2.92. The summed E-state index contributed by atoms with van der Waals surface area (Å²) < 4.78 is 40.1. The Kier molecular flexibility index (Phi) is 6.00. The molecule has 0 unspecified atom stereocenters. The minimum absolute atomic E-state index is 0.0383. The average molecular weight is 418 g/mol. The van der Waals surface area contributed by atoms with Gasteiger partial charge in [-0.15, -0.1) is 0 Å². The Balaban J connectivity index is 1.62. The Morgan fingerprint density at radius 2 is 1.83 bits per heavy atom. The lowest BCUT2D eigenvalue weighted by Crippen LogP contribution is -2.28. The number of carbonyl (C=O) groups is 2. The molecule has 6 nitrogen and oxygen atoms in total. The highest BCUT2D eigenvalue weighted by Gasteiger charge is 2.30. The van der Waals surface area contributed by atoms with Crippen LogP contribution >= 0.6 is 0 Å². The molecule has 0 bridgehead atoms. The van der Waals surface area contributed by atoms with E-state index in [2.05, 4.69) is 10.6 Å². The molecule has 2 aromatic carbocycles. The summed E-state index contributed by atoms with van der Waals surface area (Å²) in [6.07, 6.45) is -2.63. The monoisotopic (exact) mass is 418 g/mol. The number of halogens is 3. The summed E-state index contributed by atoms with van der Waals surface area (Å²) in [5.74, 6) is -0.0383. The molecule has 2 N–H and O–H groups in total. The van der Waals surface area contributed by atoms with Crippen LogP contribution in [0.1, 0.15) is 11.1 Å². The number of urea groups is 1. The van der Waals surface area contributed by atoms with Crippen molar-refractivity contribution in [3.63, 3.8) is 0 Å².